The molecule has 3 aromatic rings. The molecule has 112 valence electrons. The molecule has 0 unspecified atom stereocenters. The Morgan fingerprint density at radius 1 is 1.27 bits per heavy atom. The minimum atomic E-state index is 0.553. The number of rotatable bonds is 5. The summed E-state index contributed by atoms with van der Waals surface area (Å²) in [7, 11) is 1.60. The minimum Gasteiger partial charge on any atom is -0.481 e. The Labute approximate surface area is 128 Å². The standard InChI is InChI=1S/C17H17N3O2/c1-3-6-13-9-16(22-2)19-17-18-15(10-20(13)17)14-8-5-4-7-12(14)11-21/h4-5,7-11H,3,6H2,1-2H3. The van der Waals surface area contributed by atoms with Crippen LogP contribution in [0.3, 0.4) is 0 Å². The molecule has 0 saturated heterocycles. The molecule has 0 aliphatic rings. The average Bonchev–Trinajstić information content (AvgIpc) is 2.99. The molecular formula is C17H17N3O2. The second-order valence-electron chi connectivity index (χ2n) is 5.04. The van der Waals surface area contributed by atoms with Crippen LogP contribution in [0.25, 0.3) is 17.0 Å². The fraction of sp³-hybridized carbons (Fsp3) is 0.235. The van der Waals surface area contributed by atoms with Crippen LogP contribution in [0.1, 0.15) is 29.4 Å². The number of imidazole rings is 1. The highest BCUT2D eigenvalue weighted by atomic mass is 16.5. The first-order chi connectivity index (χ1) is 10.8. The normalized spacial score (nSPS) is 10.8. The summed E-state index contributed by atoms with van der Waals surface area (Å²) in [5.41, 5.74) is 3.26. The van der Waals surface area contributed by atoms with Crippen molar-refractivity contribution in [3.8, 4) is 17.1 Å². The lowest BCUT2D eigenvalue weighted by Crippen LogP contribution is -2.00. The fourth-order valence-electron chi connectivity index (χ4n) is 2.52. The molecule has 5 heteroatoms. The number of carbonyl (C=O) groups excluding carboxylic acids is 1. The molecule has 22 heavy (non-hydrogen) atoms. The van der Waals surface area contributed by atoms with Crippen molar-refractivity contribution in [2.45, 2.75) is 19.8 Å². The molecule has 0 radical (unpaired) electrons. The number of fused-ring (bicyclic) bond motifs is 1. The van der Waals surface area contributed by atoms with E-state index in [0.717, 1.165) is 36.1 Å². The third kappa shape index (κ3) is 2.45. The molecule has 0 aliphatic heterocycles. The summed E-state index contributed by atoms with van der Waals surface area (Å²) in [5, 5.41) is 0. The van der Waals surface area contributed by atoms with E-state index in [1.807, 2.05) is 34.9 Å². The van der Waals surface area contributed by atoms with Crippen LogP contribution in [0.5, 0.6) is 5.88 Å². The third-order valence-corrected chi connectivity index (χ3v) is 3.58. The lowest BCUT2D eigenvalue weighted by molar-refractivity contribution is 0.112. The second-order valence-corrected chi connectivity index (χ2v) is 5.04. The maximum Gasteiger partial charge on any atom is 0.237 e. The van der Waals surface area contributed by atoms with Gasteiger partial charge in [-0.25, -0.2) is 4.98 Å². The molecule has 0 saturated carbocycles. The number of aryl methyl sites for hydroxylation is 1. The lowest BCUT2D eigenvalue weighted by Gasteiger charge is -2.05. The van der Waals surface area contributed by atoms with Gasteiger partial charge in [0.25, 0.3) is 0 Å². The number of carbonyl (C=O) groups is 1. The van der Waals surface area contributed by atoms with Crippen molar-refractivity contribution in [3.63, 3.8) is 0 Å². The lowest BCUT2D eigenvalue weighted by atomic mass is 10.1. The largest absolute Gasteiger partial charge is 0.481 e. The quantitative estimate of drug-likeness (QED) is 0.678. The average molecular weight is 295 g/mol. The van der Waals surface area contributed by atoms with Crippen molar-refractivity contribution >= 4 is 12.1 Å². The van der Waals surface area contributed by atoms with E-state index in [1.54, 1.807) is 13.2 Å². The SMILES string of the molecule is CCCc1cc(OC)nc2nc(-c3ccccc3C=O)cn12. The fourth-order valence-corrected chi connectivity index (χ4v) is 2.52. The van der Waals surface area contributed by atoms with E-state index in [9.17, 15) is 4.79 Å². The summed E-state index contributed by atoms with van der Waals surface area (Å²) in [6.07, 6.45) is 4.69. The number of benzene rings is 1. The maximum atomic E-state index is 11.2. The zero-order valence-electron chi connectivity index (χ0n) is 12.6. The van der Waals surface area contributed by atoms with Gasteiger partial charge in [0.2, 0.25) is 11.7 Å². The van der Waals surface area contributed by atoms with Gasteiger partial charge in [0.15, 0.2) is 6.29 Å². The number of hydrogen-bond donors (Lipinski definition) is 0. The third-order valence-electron chi connectivity index (χ3n) is 3.58. The molecule has 5 nitrogen and oxygen atoms in total. The second kappa shape index (κ2) is 5.97. The van der Waals surface area contributed by atoms with Crippen LogP contribution in [0.4, 0.5) is 0 Å². The van der Waals surface area contributed by atoms with Crippen LogP contribution in [0.15, 0.2) is 36.5 Å². The number of nitrogens with zero attached hydrogens (tertiary/aromatic N) is 3. The zero-order chi connectivity index (χ0) is 15.5. The van der Waals surface area contributed by atoms with E-state index >= 15 is 0 Å². The smallest absolute Gasteiger partial charge is 0.237 e. The van der Waals surface area contributed by atoms with Crippen molar-refractivity contribution in [2.75, 3.05) is 7.11 Å². The van der Waals surface area contributed by atoms with E-state index in [0.29, 0.717) is 17.2 Å². The Morgan fingerprint density at radius 3 is 2.82 bits per heavy atom. The highest BCUT2D eigenvalue weighted by molar-refractivity contribution is 5.86. The molecule has 0 N–H and O–H groups in total. The van der Waals surface area contributed by atoms with Crippen molar-refractivity contribution in [3.05, 3.63) is 47.8 Å². The van der Waals surface area contributed by atoms with E-state index in [4.69, 9.17) is 4.74 Å². The predicted molar refractivity (Wildman–Crippen MR) is 84.4 cm³/mol. The van der Waals surface area contributed by atoms with Gasteiger partial charge in [0.1, 0.15) is 0 Å². The monoisotopic (exact) mass is 295 g/mol. The van der Waals surface area contributed by atoms with Crippen LogP contribution in [-0.4, -0.2) is 27.8 Å². The molecule has 0 atom stereocenters. The van der Waals surface area contributed by atoms with Crippen LogP contribution in [0.2, 0.25) is 0 Å². The molecule has 0 bridgehead atoms. The molecule has 0 aliphatic carbocycles. The summed E-state index contributed by atoms with van der Waals surface area (Å²) in [6, 6.07) is 9.34. The number of aldehydes is 1. The topological polar surface area (TPSA) is 56.5 Å². The van der Waals surface area contributed by atoms with Crippen LogP contribution in [-0.2, 0) is 6.42 Å². The summed E-state index contributed by atoms with van der Waals surface area (Å²) >= 11 is 0. The Balaban J connectivity index is 2.20. The summed E-state index contributed by atoms with van der Waals surface area (Å²) in [5.74, 6) is 1.13. The van der Waals surface area contributed by atoms with Crippen LogP contribution in [0, 0.1) is 0 Å². The van der Waals surface area contributed by atoms with Gasteiger partial charge in [0.05, 0.1) is 12.8 Å². The van der Waals surface area contributed by atoms with Gasteiger partial charge in [-0.1, -0.05) is 37.6 Å². The molecule has 2 aromatic heterocycles. The molecular weight excluding hydrogens is 278 g/mol. The molecule has 0 amide bonds. The van der Waals surface area contributed by atoms with E-state index in [1.165, 1.54) is 0 Å². The van der Waals surface area contributed by atoms with Gasteiger partial charge in [-0.15, -0.1) is 0 Å². The molecule has 0 fully saturated rings. The molecule has 3 rings (SSSR count). The van der Waals surface area contributed by atoms with E-state index < -0.39 is 0 Å². The van der Waals surface area contributed by atoms with Crippen molar-refractivity contribution in [1.82, 2.24) is 14.4 Å². The van der Waals surface area contributed by atoms with E-state index in [2.05, 4.69) is 16.9 Å². The first kappa shape index (κ1) is 14.3. The van der Waals surface area contributed by atoms with Gasteiger partial charge in [-0.2, -0.15) is 4.98 Å². The Kier molecular flexibility index (Phi) is 3.87. The van der Waals surface area contributed by atoms with Crippen molar-refractivity contribution in [1.29, 1.82) is 0 Å². The maximum absolute atomic E-state index is 11.2. The number of ether oxygens (including phenoxy) is 1. The van der Waals surface area contributed by atoms with Gasteiger partial charge >= 0.3 is 0 Å². The minimum absolute atomic E-state index is 0.553. The van der Waals surface area contributed by atoms with Gasteiger partial charge < -0.3 is 4.74 Å². The van der Waals surface area contributed by atoms with Crippen LogP contribution >= 0.6 is 0 Å². The highest BCUT2D eigenvalue weighted by Gasteiger charge is 2.12. The summed E-state index contributed by atoms with van der Waals surface area (Å²) in [6.45, 7) is 2.12. The molecule has 0 spiro atoms. The van der Waals surface area contributed by atoms with Crippen LogP contribution < -0.4 is 4.74 Å². The molecule has 1 aromatic carbocycles. The van der Waals surface area contributed by atoms with Crippen molar-refractivity contribution < 1.29 is 9.53 Å². The molecule has 2 heterocycles. The predicted octanol–water partition coefficient (Wildman–Crippen LogP) is 3.17. The Hall–Kier alpha value is -2.69. The first-order valence-corrected chi connectivity index (χ1v) is 7.24. The van der Waals surface area contributed by atoms with Gasteiger partial charge in [0, 0.05) is 29.1 Å². The highest BCUT2D eigenvalue weighted by Crippen LogP contribution is 2.24. The zero-order valence-corrected chi connectivity index (χ0v) is 12.6. The van der Waals surface area contributed by atoms with Gasteiger partial charge in [-0.05, 0) is 6.42 Å². The summed E-state index contributed by atoms with van der Waals surface area (Å²) in [4.78, 5) is 20.2. The number of hydrogen-bond acceptors (Lipinski definition) is 4. The first-order valence-electron chi connectivity index (χ1n) is 7.24. The number of aromatic nitrogens is 3. The van der Waals surface area contributed by atoms with E-state index in [-0.39, 0.29) is 0 Å². The van der Waals surface area contributed by atoms with Gasteiger partial charge in [-0.3, -0.25) is 9.20 Å². The van der Waals surface area contributed by atoms with Crippen molar-refractivity contribution in [2.24, 2.45) is 0 Å². The number of methoxy groups -OCH3 is 1. The summed E-state index contributed by atoms with van der Waals surface area (Å²) < 4.78 is 7.21. The Morgan fingerprint density at radius 2 is 2.09 bits per heavy atom. The Bertz CT molecular complexity index is 824.